The van der Waals surface area contributed by atoms with E-state index < -0.39 is 0 Å². The lowest BCUT2D eigenvalue weighted by Gasteiger charge is -2.23. The van der Waals surface area contributed by atoms with E-state index in [-0.39, 0.29) is 25.2 Å². The average Bonchev–Trinajstić information content (AvgIpc) is 1.57. The summed E-state index contributed by atoms with van der Waals surface area (Å²) in [5, 5.41) is 55.1. The highest BCUT2D eigenvalue weighted by Crippen LogP contribution is 2.33. The van der Waals surface area contributed by atoms with Crippen molar-refractivity contribution in [3.63, 3.8) is 0 Å². The first-order valence-electron chi connectivity index (χ1n) is 34.8. The van der Waals surface area contributed by atoms with Gasteiger partial charge >= 0.3 is 0 Å². The molecule has 0 unspecified atom stereocenters. The molecule has 15 rings (SSSR count). The van der Waals surface area contributed by atoms with Gasteiger partial charge in [0, 0.05) is 147 Å². The zero-order chi connectivity index (χ0) is 71.4. The molecular weight excluding hydrogens is 1310 g/mol. The van der Waals surface area contributed by atoms with E-state index in [1.54, 1.807) is 43.2 Å². The van der Waals surface area contributed by atoms with Gasteiger partial charge in [-0.15, -0.1) is 10.2 Å². The molecule has 0 spiro atoms. The zero-order valence-corrected chi connectivity index (χ0v) is 58.1. The van der Waals surface area contributed by atoms with Crippen LogP contribution in [0.3, 0.4) is 0 Å². The molecule has 3 saturated heterocycles. The summed E-state index contributed by atoms with van der Waals surface area (Å²) >= 11 is 0. The molecule has 0 aliphatic carbocycles. The van der Waals surface area contributed by atoms with Crippen molar-refractivity contribution >= 4 is 0 Å². The zero-order valence-electron chi connectivity index (χ0n) is 58.1. The molecule has 25 heteroatoms. The van der Waals surface area contributed by atoms with Gasteiger partial charge in [0.1, 0.15) is 28.5 Å². The first-order valence-corrected chi connectivity index (χ1v) is 34.8. The Morgan fingerprint density at radius 1 is 0.413 bits per heavy atom. The first kappa shape index (κ1) is 71.0. The normalized spacial score (nSPS) is 14.2. The molecule has 0 atom stereocenters. The van der Waals surface area contributed by atoms with Gasteiger partial charge in [0.05, 0.1) is 101 Å². The van der Waals surface area contributed by atoms with Crippen LogP contribution in [0.15, 0.2) is 172 Å². The number of aliphatic hydroxyl groups excluding tert-OH is 1. The summed E-state index contributed by atoms with van der Waals surface area (Å²) in [6.45, 7) is 13.0. The van der Waals surface area contributed by atoms with Crippen molar-refractivity contribution in [3.05, 3.63) is 209 Å². The van der Waals surface area contributed by atoms with Crippen LogP contribution in [0, 0.1) is 43.4 Å². The van der Waals surface area contributed by atoms with Crippen LogP contribution in [-0.2, 0) is 53.3 Å². The lowest BCUT2D eigenvalue weighted by atomic mass is 10.1. The van der Waals surface area contributed by atoms with Gasteiger partial charge in [0.25, 0.3) is 5.89 Å². The molecular formula is C79H86N18O7. The molecule has 0 saturated carbocycles. The highest BCUT2D eigenvalue weighted by atomic mass is 16.5. The van der Waals surface area contributed by atoms with Gasteiger partial charge in [0.15, 0.2) is 11.5 Å². The van der Waals surface area contributed by atoms with E-state index >= 15 is 0 Å². The topological polar surface area (TPSA) is 339 Å². The summed E-state index contributed by atoms with van der Waals surface area (Å²) in [6, 6.07) is 45.4. The summed E-state index contributed by atoms with van der Waals surface area (Å²) in [5.41, 5.74) is 18.4. The van der Waals surface area contributed by atoms with Gasteiger partial charge in [-0.1, -0.05) is 71.0 Å². The van der Waals surface area contributed by atoms with Crippen molar-refractivity contribution in [1.82, 2.24) is 81.3 Å². The van der Waals surface area contributed by atoms with Gasteiger partial charge in [0.2, 0.25) is 5.89 Å². The molecule has 12 aromatic rings. The summed E-state index contributed by atoms with van der Waals surface area (Å²) in [6.07, 6.45) is 16.9. The minimum atomic E-state index is -0.129. The molecule has 25 nitrogen and oxygen atoms in total. The minimum Gasteiger partial charge on any atom is -0.415 e. The highest BCUT2D eigenvalue weighted by molar-refractivity contribution is 5.71. The SMILES string of the molecule is Cc1ncc(-c2ccnc(CC#N)c2)nc1-c1cc(-c2ccc(CNC3CCOCC3)cc2)no1.Cc1ncc(-c2ccnc(CC#N)c2)nc1-c1nnc(-c2ccc(CNC3CCOCC3)cc2)o1.Cc1ncc(-c2ccnc(CO)c2)nc1-c1cc(-c2ccc(CNC3CCOCC3)cc2)no1.[HH].[HH].[HH].[HH]. The van der Waals surface area contributed by atoms with Crippen molar-refractivity contribution in [2.75, 3.05) is 39.6 Å². The number of aliphatic hydroxyl groups is 1. The number of rotatable bonds is 21. The number of hydrogen-bond donors (Lipinski definition) is 4. The molecule has 0 radical (unpaired) electrons. The van der Waals surface area contributed by atoms with Crippen molar-refractivity contribution in [1.29, 1.82) is 10.5 Å². The van der Waals surface area contributed by atoms with Crippen LogP contribution in [0.5, 0.6) is 0 Å². The van der Waals surface area contributed by atoms with Crippen LogP contribution in [0.25, 0.3) is 102 Å². The Labute approximate surface area is 607 Å². The predicted octanol–water partition coefficient (Wildman–Crippen LogP) is 13.3. The third-order valence-electron chi connectivity index (χ3n) is 18.1. The summed E-state index contributed by atoms with van der Waals surface area (Å²) in [7, 11) is 0. The Balaban J connectivity index is 0.000000184. The molecule has 12 heterocycles. The molecule has 3 aliphatic heterocycles. The third kappa shape index (κ3) is 18.6. The van der Waals surface area contributed by atoms with E-state index in [4.69, 9.17) is 53.1 Å². The van der Waals surface area contributed by atoms with Crippen LogP contribution < -0.4 is 16.0 Å². The molecule has 0 amide bonds. The van der Waals surface area contributed by atoms with Gasteiger partial charge in [-0.2, -0.15) is 10.5 Å². The Kier molecular flexibility index (Phi) is 23.9. The number of aromatic nitrogens is 13. The molecule has 534 valence electrons. The van der Waals surface area contributed by atoms with Gasteiger partial charge < -0.3 is 48.7 Å². The fourth-order valence-electron chi connectivity index (χ4n) is 12.1. The number of pyridine rings is 3. The molecule has 9 aromatic heterocycles. The van der Waals surface area contributed by atoms with E-state index in [1.165, 1.54) is 16.7 Å². The molecule has 3 aromatic carbocycles. The smallest absolute Gasteiger partial charge is 0.268 e. The molecule has 3 fully saturated rings. The lowest BCUT2D eigenvalue weighted by molar-refractivity contribution is 0.0775. The minimum absolute atomic E-state index is 0. The Bertz CT molecular complexity index is 4710. The van der Waals surface area contributed by atoms with Crippen molar-refractivity contribution in [2.24, 2.45) is 0 Å². The fraction of sp³-hybridized carbons (Fsp3) is 0.304. The van der Waals surface area contributed by atoms with E-state index in [1.807, 2.05) is 75.4 Å². The maximum Gasteiger partial charge on any atom is 0.268 e. The lowest BCUT2D eigenvalue weighted by Crippen LogP contribution is -2.34. The second kappa shape index (κ2) is 35.0. The predicted molar refractivity (Wildman–Crippen MR) is 396 cm³/mol. The standard InChI is InChI=1S/C27H26N6O2.C26H25N7O2.C26H27N5O3.4H2/c1-18-27(32-25(17-30-18)21-7-11-29-23(14-21)6-10-28)26-15-24(33-35-26)20-4-2-19(3-5-20)16-31-22-8-12-34-13-9-22;1-17-24(31-23(16-29-17)20-7-11-28-22(14-20)6-10-27)26-33-32-25(35-26)19-4-2-18(3-5-19)15-30-21-8-12-34-13-9-21;1-17-26(30-24(15-28-17)20-6-9-27-22(12-20)16-32)25-13-23(31-34-25)19-4-2-18(3-5-19)14-29-21-7-10-33-11-8-21;;;;/h2-5,7,11,14-15,17,22,31H,6,8-9,12-13,16H2,1H3;2-5,7,11,14,16,21,30H,6,8-9,12-13,15H2,1H3;2-6,9,12-13,15,21,29,32H,7-8,10-11,14,16H2,1H3;4*1H. The highest BCUT2D eigenvalue weighted by Gasteiger charge is 2.22. The number of nitrogens with zero attached hydrogens (tertiary/aromatic N) is 15. The Morgan fingerprint density at radius 2 is 0.769 bits per heavy atom. The maximum absolute atomic E-state index is 9.37. The number of benzene rings is 3. The van der Waals surface area contributed by atoms with Gasteiger partial charge in [-0.05, 0) is 125 Å². The van der Waals surface area contributed by atoms with Gasteiger partial charge in [-0.25, -0.2) is 15.0 Å². The van der Waals surface area contributed by atoms with Crippen LogP contribution in [0.1, 0.15) is 95.1 Å². The molecule has 4 N–H and O–H groups in total. The van der Waals surface area contributed by atoms with Gasteiger partial charge in [-0.3, -0.25) is 29.9 Å². The van der Waals surface area contributed by atoms with Crippen LogP contribution in [0.2, 0.25) is 0 Å². The third-order valence-corrected chi connectivity index (χ3v) is 18.1. The van der Waals surface area contributed by atoms with Crippen molar-refractivity contribution in [2.45, 2.75) is 117 Å². The Morgan fingerprint density at radius 3 is 1.16 bits per heavy atom. The molecule has 104 heavy (non-hydrogen) atoms. The number of hydrogen-bond acceptors (Lipinski definition) is 25. The molecule has 3 aliphatic rings. The number of nitrogens with one attached hydrogen (secondary N) is 3. The van der Waals surface area contributed by atoms with Crippen molar-refractivity contribution in [3.8, 4) is 114 Å². The van der Waals surface area contributed by atoms with Crippen LogP contribution >= 0.6 is 0 Å². The van der Waals surface area contributed by atoms with E-state index in [2.05, 4.69) is 139 Å². The summed E-state index contributed by atoms with van der Waals surface area (Å²) in [5.74, 6) is 1.85. The van der Waals surface area contributed by atoms with E-state index in [9.17, 15) is 5.11 Å². The monoisotopic (exact) mass is 1400 g/mol. The van der Waals surface area contributed by atoms with Crippen molar-refractivity contribution < 1.29 is 38.5 Å². The molecule has 0 bridgehead atoms. The van der Waals surface area contributed by atoms with E-state index in [0.29, 0.717) is 98.4 Å². The fourth-order valence-corrected chi connectivity index (χ4v) is 12.1. The summed E-state index contributed by atoms with van der Waals surface area (Å²) in [4.78, 5) is 40.3. The average molecular weight is 1400 g/mol. The largest absolute Gasteiger partial charge is 0.415 e. The van der Waals surface area contributed by atoms with E-state index in [0.717, 1.165) is 154 Å². The summed E-state index contributed by atoms with van der Waals surface area (Å²) < 4.78 is 33.5. The number of ether oxygens (including phenoxy) is 3. The second-order valence-corrected chi connectivity index (χ2v) is 25.5. The maximum atomic E-state index is 9.37. The number of nitriles is 2. The first-order chi connectivity index (χ1) is 51.1. The Hall–Kier alpha value is -11.4. The quantitative estimate of drug-likeness (QED) is 0.0519. The number of aryl methyl sites for hydroxylation is 3. The van der Waals surface area contributed by atoms with Crippen LogP contribution in [0.4, 0.5) is 0 Å². The second-order valence-electron chi connectivity index (χ2n) is 25.5. The van der Waals surface area contributed by atoms with Crippen LogP contribution in [-0.4, -0.2) is 128 Å².